The molecule has 0 aromatic heterocycles. The molecule has 0 unspecified atom stereocenters. The monoisotopic (exact) mass is 323 g/mol. The van der Waals surface area contributed by atoms with Gasteiger partial charge in [-0.15, -0.1) is 0 Å². The second-order valence-corrected chi connectivity index (χ2v) is 5.23. The lowest BCUT2D eigenvalue weighted by molar-refractivity contribution is 0.102. The van der Waals surface area contributed by atoms with Crippen molar-refractivity contribution >= 4 is 22.4 Å². The molecule has 0 saturated carbocycles. The lowest BCUT2D eigenvalue weighted by atomic mass is 10.1. The zero-order chi connectivity index (χ0) is 17.1. The predicted molar refractivity (Wildman–Crippen MR) is 93.1 cm³/mol. The van der Waals surface area contributed by atoms with Gasteiger partial charge in [-0.25, -0.2) is 0 Å². The summed E-state index contributed by atoms with van der Waals surface area (Å²) in [6.07, 6.45) is 0. The average molecular weight is 323 g/mol. The molecule has 2 N–H and O–H groups in total. The van der Waals surface area contributed by atoms with E-state index in [9.17, 15) is 9.90 Å². The molecule has 3 aromatic rings. The summed E-state index contributed by atoms with van der Waals surface area (Å²) in [4.78, 5) is 12.6. The van der Waals surface area contributed by atoms with E-state index in [2.05, 4.69) is 5.32 Å². The third-order valence-electron chi connectivity index (χ3n) is 3.76. The van der Waals surface area contributed by atoms with Crippen LogP contribution >= 0.6 is 0 Å². The van der Waals surface area contributed by atoms with Crippen molar-refractivity contribution in [2.24, 2.45) is 0 Å². The normalized spacial score (nSPS) is 10.4. The lowest BCUT2D eigenvalue weighted by Crippen LogP contribution is -2.12. The summed E-state index contributed by atoms with van der Waals surface area (Å²) in [7, 11) is 3.06. The van der Waals surface area contributed by atoms with Crippen molar-refractivity contribution in [3.63, 3.8) is 0 Å². The molecule has 3 rings (SSSR count). The average Bonchev–Trinajstić information content (AvgIpc) is 2.62. The molecular weight excluding hydrogens is 306 g/mol. The van der Waals surface area contributed by atoms with E-state index in [4.69, 9.17) is 9.47 Å². The molecule has 0 aliphatic rings. The Morgan fingerprint density at radius 3 is 2.21 bits per heavy atom. The number of nitrogens with one attached hydrogen (secondary N) is 1. The summed E-state index contributed by atoms with van der Waals surface area (Å²) in [5.74, 6) is 0.958. The predicted octanol–water partition coefficient (Wildman–Crippen LogP) is 3.81. The van der Waals surface area contributed by atoms with E-state index in [1.165, 1.54) is 14.2 Å². The molecular formula is C19H17NO4. The zero-order valence-electron chi connectivity index (χ0n) is 13.4. The van der Waals surface area contributed by atoms with Crippen LogP contribution in [-0.4, -0.2) is 25.2 Å². The Morgan fingerprint density at radius 2 is 1.54 bits per heavy atom. The first-order valence-corrected chi connectivity index (χ1v) is 7.37. The highest BCUT2D eigenvalue weighted by atomic mass is 16.5. The number of anilines is 1. The highest BCUT2D eigenvalue weighted by Crippen LogP contribution is 2.30. The molecule has 0 fully saturated rings. The number of amides is 1. The summed E-state index contributed by atoms with van der Waals surface area (Å²) in [5.41, 5.74) is 1.04. The van der Waals surface area contributed by atoms with Gasteiger partial charge in [0.05, 0.1) is 14.2 Å². The molecule has 122 valence electrons. The maximum Gasteiger partial charge on any atom is 0.255 e. The number of hydrogen-bond acceptors (Lipinski definition) is 4. The van der Waals surface area contributed by atoms with E-state index in [-0.39, 0.29) is 11.7 Å². The fourth-order valence-corrected chi connectivity index (χ4v) is 2.54. The first-order chi connectivity index (χ1) is 11.6. The van der Waals surface area contributed by atoms with Gasteiger partial charge in [-0.1, -0.05) is 24.3 Å². The van der Waals surface area contributed by atoms with E-state index in [1.54, 1.807) is 48.5 Å². The summed E-state index contributed by atoms with van der Waals surface area (Å²) in [5, 5.41) is 14.3. The minimum atomic E-state index is -0.289. The summed E-state index contributed by atoms with van der Waals surface area (Å²) in [6, 6.07) is 15.5. The zero-order valence-corrected chi connectivity index (χ0v) is 13.4. The number of phenolic OH excluding ortho intramolecular Hbond substituents is 1. The van der Waals surface area contributed by atoms with Crippen molar-refractivity contribution in [2.75, 3.05) is 19.5 Å². The number of methoxy groups -OCH3 is 2. The van der Waals surface area contributed by atoms with Gasteiger partial charge in [-0.2, -0.15) is 0 Å². The lowest BCUT2D eigenvalue weighted by Gasteiger charge is -2.11. The highest BCUT2D eigenvalue weighted by molar-refractivity contribution is 6.10. The van der Waals surface area contributed by atoms with Gasteiger partial charge in [0, 0.05) is 28.1 Å². The van der Waals surface area contributed by atoms with Crippen LogP contribution in [0.2, 0.25) is 0 Å². The molecule has 5 heteroatoms. The number of carbonyl (C=O) groups is 1. The van der Waals surface area contributed by atoms with Gasteiger partial charge in [0.1, 0.15) is 17.2 Å². The Kier molecular flexibility index (Phi) is 4.24. The molecule has 0 saturated heterocycles. The van der Waals surface area contributed by atoms with E-state index >= 15 is 0 Å². The molecule has 1 amide bonds. The summed E-state index contributed by atoms with van der Waals surface area (Å²) < 4.78 is 10.4. The van der Waals surface area contributed by atoms with Crippen molar-refractivity contribution in [3.05, 3.63) is 60.2 Å². The second-order valence-electron chi connectivity index (χ2n) is 5.23. The van der Waals surface area contributed by atoms with Gasteiger partial charge in [-0.05, 0) is 24.3 Å². The number of ether oxygens (including phenoxy) is 2. The highest BCUT2D eigenvalue weighted by Gasteiger charge is 2.12. The Morgan fingerprint density at radius 1 is 0.917 bits per heavy atom. The van der Waals surface area contributed by atoms with Crippen LogP contribution in [-0.2, 0) is 0 Å². The van der Waals surface area contributed by atoms with Gasteiger partial charge >= 0.3 is 0 Å². The smallest absolute Gasteiger partial charge is 0.255 e. The van der Waals surface area contributed by atoms with E-state index in [0.29, 0.717) is 28.1 Å². The minimum absolute atomic E-state index is 0.173. The maximum absolute atomic E-state index is 12.6. The van der Waals surface area contributed by atoms with Crippen molar-refractivity contribution < 1.29 is 19.4 Å². The number of fused-ring (bicyclic) bond motifs is 1. The van der Waals surface area contributed by atoms with Crippen molar-refractivity contribution in [1.82, 2.24) is 0 Å². The van der Waals surface area contributed by atoms with Crippen LogP contribution in [0.15, 0.2) is 54.6 Å². The third-order valence-corrected chi connectivity index (χ3v) is 3.76. The third kappa shape index (κ3) is 2.96. The van der Waals surface area contributed by atoms with E-state index < -0.39 is 0 Å². The Balaban J connectivity index is 1.97. The van der Waals surface area contributed by atoms with Crippen LogP contribution in [0.3, 0.4) is 0 Å². The van der Waals surface area contributed by atoms with Gasteiger partial charge in [-0.3, -0.25) is 4.79 Å². The molecule has 0 atom stereocenters. The van der Waals surface area contributed by atoms with Crippen LogP contribution in [0.4, 0.5) is 5.69 Å². The number of hydrogen-bond donors (Lipinski definition) is 2. The molecule has 24 heavy (non-hydrogen) atoms. The van der Waals surface area contributed by atoms with E-state index in [0.717, 1.165) is 5.39 Å². The molecule has 0 spiro atoms. The van der Waals surface area contributed by atoms with Crippen molar-refractivity contribution in [2.45, 2.75) is 0 Å². The second kappa shape index (κ2) is 6.50. The van der Waals surface area contributed by atoms with E-state index in [1.807, 2.05) is 6.07 Å². The van der Waals surface area contributed by atoms with Crippen LogP contribution in [0.25, 0.3) is 10.8 Å². The fourth-order valence-electron chi connectivity index (χ4n) is 2.54. The van der Waals surface area contributed by atoms with Gasteiger partial charge in [0.2, 0.25) is 0 Å². The number of benzene rings is 3. The Bertz CT molecular complexity index is 883. The maximum atomic E-state index is 12.6. The Hall–Kier alpha value is -3.21. The van der Waals surface area contributed by atoms with Crippen LogP contribution < -0.4 is 14.8 Å². The van der Waals surface area contributed by atoms with Crippen LogP contribution in [0.5, 0.6) is 17.2 Å². The van der Waals surface area contributed by atoms with Gasteiger partial charge in [0.15, 0.2) is 0 Å². The van der Waals surface area contributed by atoms with Gasteiger partial charge < -0.3 is 19.9 Å². The first kappa shape index (κ1) is 15.7. The molecule has 0 radical (unpaired) electrons. The molecule has 0 aliphatic heterocycles. The van der Waals surface area contributed by atoms with Gasteiger partial charge in [0.25, 0.3) is 5.91 Å². The number of aromatic hydroxyl groups is 1. The topological polar surface area (TPSA) is 67.8 Å². The van der Waals surface area contributed by atoms with Crippen molar-refractivity contribution in [1.29, 1.82) is 0 Å². The minimum Gasteiger partial charge on any atom is -0.507 e. The fraction of sp³-hybridized carbons (Fsp3) is 0.105. The first-order valence-electron chi connectivity index (χ1n) is 7.37. The quantitative estimate of drug-likeness (QED) is 0.766. The molecule has 0 bridgehead atoms. The van der Waals surface area contributed by atoms with Crippen LogP contribution in [0.1, 0.15) is 10.4 Å². The molecule has 0 heterocycles. The molecule has 5 nitrogen and oxygen atoms in total. The van der Waals surface area contributed by atoms with Crippen LogP contribution in [0, 0.1) is 0 Å². The SMILES string of the molecule is COc1cc(OC)cc(C(=O)Nc2cccc3c(O)cccc23)c1. The molecule has 0 aliphatic carbocycles. The largest absolute Gasteiger partial charge is 0.507 e. The van der Waals surface area contributed by atoms with Crippen molar-refractivity contribution in [3.8, 4) is 17.2 Å². The summed E-state index contributed by atoms with van der Waals surface area (Å²) in [6.45, 7) is 0. The standard InChI is InChI=1S/C19H17NO4/c1-23-13-9-12(10-14(11-13)24-2)19(22)20-17-7-3-6-16-15(17)5-4-8-18(16)21/h3-11,21H,1-2H3,(H,20,22). The molecule has 3 aromatic carbocycles. The number of carbonyl (C=O) groups excluding carboxylic acids is 1. The summed E-state index contributed by atoms with van der Waals surface area (Å²) >= 11 is 0. The number of rotatable bonds is 4. The number of phenols is 1. The Labute approximate surface area is 139 Å².